The molecule has 0 atom stereocenters. The molecule has 1 N–H and O–H groups in total. The fraction of sp³-hybridized carbons (Fsp3) is 0.417. The van der Waals surface area contributed by atoms with Gasteiger partial charge in [-0.3, -0.25) is 4.79 Å². The van der Waals surface area contributed by atoms with Crippen LogP contribution in [0.3, 0.4) is 0 Å². The molecule has 0 heterocycles. The minimum Gasteiger partial charge on any atom is -0.324 e. The first-order valence-electron chi connectivity index (χ1n) is 5.24. The number of carbonyl (C=O) groups excluding carboxylic acids is 1. The van der Waals surface area contributed by atoms with Gasteiger partial charge in [-0.2, -0.15) is 0 Å². The fourth-order valence-corrected chi connectivity index (χ4v) is 1.22. The number of amides is 1. The SMILES string of the molecule is CC(C)CCC(=O)Nc1ccc(F)cc1F. The molecule has 0 radical (unpaired) electrons. The summed E-state index contributed by atoms with van der Waals surface area (Å²) in [6.45, 7) is 4.01. The van der Waals surface area contributed by atoms with E-state index in [1.165, 1.54) is 6.07 Å². The van der Waals surface area contributed by atoms with Crippen LogP contribution in [0.4, 0.5) is 14.5 Å². The van der Waals surface area contributed by atoms with E-state index in [2.05, 4.69) is 5.32 Å². The van der Waals surface area contributed by atoms with E-state index >= 15 is 0 Å². The standard InChI is InChI=1S/C12H15F2NO/c1-8(2)3-6-12(16)15-11-5-4-9(13)7-10(11)14/h4-5,7-8H,3,6H2,1-2H3,(H,15,16). The van der Waals surface area contributed by atoms with Gasteiger partial charge in [0.05, 0.1) is 5.69 Å². The van der Waals surface area contributed by atoms with E-state index in [-0.39, 0.29) is 11.6 Å². The molecule has 16 heavy (non-hydrogen) atoms. The van der Waals surface area contributed by atoms with Crippen LogP contribution in [0.25, 0.3) is 0 Å². The van der Waals surface area contributed by atoms with Gasteiger partial charge in [-0.25, -0.2) is 8.78 Å². The van der Waals surface area contributed by atoms with Gasteiger partial charge in [0.25, 0.3) is 0 Å². The van der Waals surface area contributed by atoms with Crippen LogP contribution in [0.2, 0.25) is 0 Å². The van der Waals surface area contributed by atoms with Crippen molar-refractivity contribution in [1.82, 2.24) is 0 Å². The molecule has 1 amide bonds. The molecule has 0 saturated heterocycles. The molecule has 0 fully saturated rings. The molecule has 1 aromatic carbocycles. The second-order valence-electron chi connectivity index (χ2n) is 4.10. The summed E-state index contributed by atoms with van der Waals surface area (Å²) in [6.07, 6.45) is 1.09. The summed E-state index contributed by atoms with van der Waals surface area (Å²) in [5, 5.41) is 2.41. The Labute approximate surface area is 93.7 Å². The number of nitrogens with one attached hydrogen (secondary N) is 1. The summed E-state index contributed by atoms with van der Waals surface area (Å²) < 4.78 is 25.7. The van der Waals surface area contributed by atoms with Gasteiger partial charge in [0.1, 0.15) is 11.6 Å². The van der Waals surface area contributed by atoms with Crippen LogP contribution in [0.15, 0.2) is 18.2 Å². The van der Waals surface area contributed by atoms with Gasteiger partial charge in [0, 0.05) is 12.5 Å². The largest absolute Gasteiger partial charge is 0.324 e. The van der Waals surface area contributed by atoms with Crippen molar-refractivity contribution in [2.24, 2.45) is 5.92 Å². The zero-order chi connectivity index (χ0) is 12.1. The molecular formula is C12H15F2NO. The van der Waals surface area contributed by atoms with Crippen LogP contribution in [0, 0.1) is 17.6 Å². The maximum absolute atomic E-state index is 13.2. The topological polar surface area (TPSA) is 29.1 Å². The highest BCUT2D eigenvalue weighted by atomic mass is 19.1. The lowest BCUT2D eigenvalue weighted by atomic mass is 10.1. The van der Waals surface area contributed by atoms with Gasteiger partial charge in [0.2, 0.25) is 5.91 Å². The van der Waals surface area contributed by atoms with E-state index in [4.69, 9.17) is 0 Å². The molecule has 4 heteroatoms. The average Bonchev–Trinajstić information content (AvgIpc) is 2.19. The second kappa shape index (κ2) is 5.58. The van der Waals surface area contributed by atoms with Crippen molar-refractivity contribution >= 4 is 11.6 Å². The average molecular weight is 227 g/mol. The molecule has 0 aliphatic carbocycles. The first kappa shape index (κ1) is 12.6. The van der Waals surface area contributed by atoms with Gasteiger partial charge in [-0.15, -0.1) is 0 Å². The number of benzene rings is 1. The lowest BCUT2D eigenvalue weighted by molar-refractivity contribution is -0.116. The monoisotopic (exact) mass is 227 g/mol. The molecule has 2 nitrogen and oxygen atoms in total. The minimum absolute atomic E-state index is 0.0233. The maximum Gasteiger partial charge on any atom is 0.224 e. The molecule has 88 valence electrons. The Morgan fingerprint density at radius 3 is 2.62 bits per heavy atom. The predicted octanol–water partition coefficient (Wildman–Crippen LogP) is 3.34. The number of anilines is 1. The normalized spacial score (nSPS) is 10.6. The summed E-state index contributed by atoms with van der Waals surface area (Å²) >= 11 is 0. The van der Waals surface area contributed by atoms with Crippen LogP contribution in [-0.2, 0) is 4.79 Å². The molecule has 1 aromatic rings. The van der Waals surface area contributed by atoms with Crippen LogP contribution >= 0.6 is 0 Å². The van der Waals surface area contributed by atoms with E-state index in [0.29, 0.717) is 12.3 Å². The summed E-state index contributed by atoms with van der Waals surface area (Å²) in [5.41, 5.74) is 0.0233. The molecule has 0 aliphatic rings. The van der Waals surface area contributed by atoms with Gasteiger partial charge in [0.15, 0.2) is 0 Å². The third kappa shape index (κ3) is 3.96. The molecule has 0 saturated carbocycles. The highest BCUT2D eigenvalue weighted by Crippen LogP contribution is 2.15. The van der Waals surface area contributed by atoms with Crippen molar-refractivity contribution in [2.75, 3.05) is 5.32 Å². The number of halogens is 2. The number of hydrogen-bond acceptors (Lipinski definition) is 1. The molecular weight excluding hydrogens is 212 g/mol. The first-order chi connectivity index (χ1) is 7.49. The van der Waals surface area contributed by atoms with Crippen molar-refractivity contribution in [3.8, 4) is 0 Å². The first-order valence-corrected chi connectivity index (χ1v) is 5.24. The Bertz CT molecular complexity index is 377. The molecule has 0 bridgehead atoms. The maximum atomic E-state index is 13.2. The second-order valence-corrected chi connectivity index (χ2v) is 4.10. The molecule has 0 unspecified atom stereocenters. The van der Waals surface area contributed by atoms with Gasteiger partial charge in [-0.1, -0.05) is 13.8 Å². The van der Waals surface area contributed by atoms with E-state index in [0.717, 1.165) is 18.6 Å². The number of hydrogen-bond donors (Lipinski definition) is 1. The molecule has 1 rings (SSSR count). The van der Waals surface area contributed by atoms with E-state index in [9.17, 15) is 13.6 Å². The predicted molar refractivity (Wildman–Crippen MR) is 59.1 cm³/mol. The summed E-state index contributed by atoms with van der Waals surface area (Å²) in [5.74, 6) is -1.24. The summed E-state index contributed by atoms with van der Waals surface area (Å²) in [7, 11) is 0. The van der Waals surface area contributed by atoms with Crippen molar-refractivity contribution in [1.29, 1.82) is 0 Å². The van der Waals surface area contributed by atoms with Crippen molar-refractivity contribution in [3.05, 3.63) is 29.8 Å². The van der Waals surface area contributed by atoms with E-state index in [1.807, 2.05) is 13.8 Å². The van der Waals surface area contributed by atoms with Crippen LogP contribution in [0.5, 0.6) is 0 Å². The zero-order valence-corrected chi connectivity index (χ0v) is 9.39. The van der Waals surface area contributed by atoms with Gasteiger partial charge >= 0.3 is 0 Å². The molecule has 0 aromatic heterocycles. The third-order valence-corrected chi connectivity index (χ3v) is 2.15. The Morgan fingerprint density at radius 1 is 1.38 bits per heavy atom. The van der Waals surface area contributed by atoms with Crippen LogP contribution in [-0.4, -0.2) is 5.91 Å². The fourth-order valence-electron chi connectivity index (χ4n) is 1.22. The van der Waals surface area contributed by atoms with Gasteiger partial charge < -0.3 is 5.32 Å². The smallest absolute Gasteiger partial charge is 0.224 e. The highest BCUT2D eigenvalue weighted by molar-refractivity contribution is 5.90. The molecule has 0 spiro atoms. The van der Waals surface area contributed by atoms with Crippen molar-refractivity contribution < 1.29 is 13.6 Å². The summed E-state index contributed by atoms with van der Waals surface area (Å²) in [4.78, 5) is 11.4. The van der Waals surface area contributed by atoms with Gasteiger partial charge in [-0.05, 0) is 24.5 Å². The Balaban J connectivity index is 2.56. The summed E-state index contributed by atoms with van der Waals surface area (Å²) in [6, 6.07) is 3.08. The Morgan fingerprint density at radius 2 is 2.06 bits per heavy atom. The van der Waals surface area contributed by atoms with Crippen molar-refractivity contribution in [2.45, 2.75) is 26.7 Å². The quantitative estimate of drug-likeness (QED) is 0.839. The number of carbonyl (C=O) groups is 1. The van der Waals surface area contributed by atoms with Crippen LogP contribution in [0.1, 0.15) is 26.7 Å². The Hall–Kier alpha value is -1.45. The zero-order valence-electron chi connectivity index (χ0n) is 9.39. The van der Waals surface area contributed by atoms with Crippen LogP contribution < -0.4 is 5.32 Å². The Kier molecular flexibility index (Phi) is 4.40. The van der Waals surface area contributed by atoms with E-state index < -0.39 is 11.6 Å². The third-order valence-electron chi connectivity index (χ3n) is 2.15. The molecule has 0 aliphatic heterocycles. The van der Waals surface area contributed by atoms with E-state index in [1.54, 1.807) is 0 Å². The lowest BCUT2D eigenvalue weighted by Crippen LogP contribution is -2.13. The highest BCUT2D eigenvalue weighted by Gasteiger charge is 2.08. The number of rotatable bonds is 4. The minimum atomic E-state index is -0.752. The lowest BCUT2D eigenvalue weighted by Gasteiger charge is -2.07. The van der Waals surface area contributed by atoms with Crippen molar-refractivity contribution in [3.63, 3.8) is 0 Å².